The summed E-state index contributed by atoms with van der Waals surface area (Å²) in [7, 11) is 0. The minimum Gasteiger partial charge on any atom is -0.367 e. The number of carbonyl (C=O) groups excluding carboxylic acids is 1. The van der Waals surface area contributed by atoms with Crippen LogP contribution in [0.25, 0.3) is 0 Å². The molecule has 0 aliphatic rings. The predicted molar refractivity (Wildman–Crippen MR) is 64.5 cm³/mol. The van der Waals surface area contributed by atoms with Gasteiger partial charge in [0.25, 0.3) is 0 Å². The first-order chi connectivity index (χ1) is 8.54. The number of anilines is 2. The van der Waals surface area contributed by atoms with Gasteiger partial charge in [-0.25, -0.2) is 14.1 Å². The highest BCUT2D eigenvalue weighted by Gasteiger charge is 2.09. The van der Waals surface area contributed by atoms with E-state index in [2.05, 4.69) is 15.4 Å². The largest absolute Gasteiger partial charge is 0.367 e. The molecule has 0 saturated heterocycles. The highest BCUT2D eigenvalue weighted by molar-refractivity contribution is 6.30. The van der Waals surface area contributed by atoms with Gasteiger partial charge in [-0.15, -0.1) is 5.10 Å². The Morgan fingerprint density at radius 2 is 2.33 bits per heavy atom. The Kier molecular flexibility index (Phi) is 3.42. The summed E-state index contributed by atoms with van der Waals surface area (Å²) in [6.07, 6.45) is 1.31. The van der Waals surface area contributed by atoms with Gasteiger partial charge < -0.3 is 11.1 Å². The number of hydrogen-bond acceptors (Lipinski definition) is 4. The first kappa shape index (κ1) is 12.3. The minimum atomic E-state index is -0.564. The minimum absolute atomic E-state index is 0.0144. The molecule has 0 aliphatic heterocycles. The SMILES string of the molecule is Nc1ncn(CC(=O)Nc2cc(Cl)ccc2F)n1. The van der Waals surface area contributed by atoms with Crippen LogP contribution in [0.4, 0.5) is 16.0 Å². The predicted octanol–water partition coefficient (Wildman–Crippen LogP) is 1.29. The molecule has 6 nitrogen and oxygen atoms in total. The zero-order valence-corrected chi connectivity index (χ0v) is 9.86. The topological polar surface area (TPSA) is 85.8 Å². The number of rotatable bonds is 3. The molecule has 2 rings (SSSR count). The van der Waals surface area contributed by atoms with Crippen molar-refractivity contribution in [1.82, 2.24) is 14.8 Å². The van der Waals surface area contributed by atoms with Gasteiger partial charge in [0.05, 0.1) is 5.69 Å². The maximum atomic E-state index is 13.3. The zero-order valence-electron chi connectivity index (χ0n) is 9.10. The monoisotopic (exact) mass is 269 g/mol. The molecule has 0 atom stereocenters. The van der Waals surface area contributed by atoms with E-state index in [-0.39, 0.29) is 18.2 Å². The van der Waals surface area contributed by atoms with E-state index in [0.717, 1.165) is 0 Å². The van der Waals surface area contributed by atoms with Crippen molar-refractivity contribution in [3.8, 4) is 0 Å². The van der Waals surface area contributed by atoms with Gasteiger partial charge in [0.1, 0.15) is 18.7 Å². The van der Waals surface area contributed by atoms with Gasteiger partial charge in [0.2, 0.25) is 11.9 Å². The van der Waals surface area contributed by atoms with E-state index >= 15 is 0 Å². The molecule has 0 aliphatic carbocycles. The van der Waals surface area contributed by atoms with E-state index < -0.39 is 11.7 Å². The number of benzene rings is 1. The number of nitrogen functional groups attached to an aromatic ring is 1. The van der Waals surface area contributed by atoms with Crippen LogP contribution in [-0.2, 0) is 11.3 Å². The fourth-order valence-corrected chi connectivity index (χ4v) is 1.49. The Bertz CT molecular complexity index is 585. The first-order valence-electron chi connectivity index (χ1n) is 4.94. The highest BCUT2D eigenvalue weighted by Crippen LogP contribution is 2.19. The van der Waals surface area contributed by atoms with Crippen molar-refractivity contribution in [2.24, 2.45) is 0 Å². The van der Waals surface area contributed by atoms with Crippen LogP contribution in [0.1, 0.15) is 0 Å². The molecule has 3 N–H and O–H groups in total. The molecule has 1 aromatic heterocycles. The van der Waals surface area contributed by atoms with Gasteiger partial charge in [-0.1, -0.05) is 11.6 Å². The Morgan fingerprint density at radius 1 is 1.56 bits per heavy atom. The summed E-state index contributed by atoms with van der Waals surface area (Å²) in [5.41, 5.74) is 5.31. The number of amides is 1. The van der Waals surface area contributed by atoms with E-state index in [0.29, 0.717) is 5.02 Å². The van der Waals surface area contributed by atoms with E-state index in [1.54, 1.807) is 0 Å². The van der Waals surface area contributed by atoms with Crippen LogP contribution in [0, 0.1) is 5.82 Å². The lowest BCUT2D eigenvalue weighted by Gasteiger charge is -2.06. The van der Waals surface area contributed by atoms with Crippen LogP contribution in [-0.4, -0.2) is 20.7 Å². The molecule has 2 aromatic rings. The fraction of sp³-hybridized carbons (Fsp3) is 0.100. The molecule has 0 saturated carbocycles. The van der Waals surface area contributed by atoms with Crippen LogP contribution < -0.4 is 11.1 Å². The van der Waals surface area contributed by atoms with Gasteiger partial charge in [0.15, 0.2) is 0 Å². The normalized spacial score (nSPS) is 10.3. The van der Waals surface area contributed by atoms with Crippen molar-refractivity contribution in [2.45, 2.75) is 6.54 Å². The van der Waals surface area contributed by atoms with Gasteiger partial charge in [-0.3, -0.25) is 4.79 Å². The van der Waals surface area contributed by atoms with Crippen molar-refractivity contribution in [1.29, 1.82) is 0 Å². The average Bonchev–Trinajstić information content (AvgIpc) is 2.69. The third-order valence-corrected chi connectivity index (χ3v) is 2.30. The molecule has 1 amide bonds. The summed E-state index contributed by atoms with van der Waals surface area (Å²) in [6.45, 7) is -0.115. The molecule has 0 radical (unpaired) electrons. The molecule has 94 valence electrons. The molecule has 1 aromatic carbocycles. The second kappa shape index (κ2) is 5.01. The van der Waals surface area contributed by atoms with E-state index in [4.69, 9.17) is 17.3 Å². The Labute approximate surface area is 107 Å². The van der Waals surface area contributed by atoms with E-state index in [1.807, 2.05) is 0 Å². The van der Waals surface area contributed by atoms with Crippen molar-refractivity contribution in [2.75, 3.05) is 11.1 Å². The van der Waals surface area contributed by atoms with E-state index in [9.17, 15) is 9.18 Å². The number of halogens is 2. The number of nitrogens with two attached hydrogens (primary N) is 1. The average molecular weight is 270 g/mol. The highest BCUT2D eigenvalue weighted by atomic mass is 35.5. The van der Waals surface area contributed by atoms with Crippen molar-refractivity contribution in [3.63, 3.8) is 0 Å². The van der Waals surface area contributed by atoms with Crippen molar-refractivity contribution < 1.29 is 9.18 Å². The lowest BCUT2D eigenvalue weighted by molar-refractivity contribution is -0.116. The second-order valence-corrected chi connectivity index (χ2v) is 3.91. The van der Waals surface area contributed by atoms with Crippen LogP contribution in [0.3, 0.4) is 0 Å². The summed E-state index contributed by atoms with van der Waals surface area (Å²) in [6, 6.07) is 3.89. The molecular formula is C10H9ClFN5O. The standard InChI is InChI=1S/C10H9ClFN5O/c11-6-1-2-7(12)8(3-6)15-9(18)4-17-5-14-10(13)16-17/h1-3,5H,4H2,(H2,13,16)(H,15,18). The molecule has 0 bridgehead atoms. The first-order valence-corrected chi connectivity index (χ1v) is 5.32. The number of carbonyl (C=O) groups is 1. The quantitative estimate of drug-likeness (QED) is 0.879. The third-order valence-electron chi connectivity index (χ3n) is 2.06. The maximum Gasteiger partial charge on any atom is 0.246 e. The van der Waals surface area contributed by atoms with E-state index in [1.165, 1.54) is 29.2 Å². The Balaban J connectivity index is 2.05. The number of nitrogens with zero attached hydrogens (tertiary/aromatic N) is 3. The summed E-state index contributed by atoms with van der Waals surface area (Å²) >= 11 is 5.70. The Morgan fingerprint density at radius 3 is 3.00 bits per heavy atom. The summed E-state index contributed by atoms with van der Waals surface area (Å²) in [5, 5.41) is 6.45. The number of hydrogen-bond donors (Lipinski definition) is 2. The van der Waals surface area contributed by atoms with Crippen LogP contribution in [0.2, 0.25) is 5.02 Å². The molecular weight excluding hydrogens is 261 g/mol. The smallest absolute Gasteiger partial charge is 0.246 e. The third kappa shape index (κ3) is 2.95. The fourth-order valence-electron chi connectivity index (χ4n) is 1.32. The van der Waals surface area contributed by atoms with Crippen LogP contribution in [0.15, 0.2) is 24.5 Å². The second-order valence-electron chi connectivity index (χ2n) is 3.47. The number of nitrogens with one attached hydrogen (secondary N) is 1. The molecule has 18 heavy (non-hydrogen) atoms. The molecule has 0 fully saturated rings. The lowest BCUT2D eigenvalue weighted by atomic mass is 10.3. The molecule has 0 unspecified atom stereocenters. The van der Waals surface area contributed by atoms with Crippen LogP contribution >= 0.6 is 11.6 Å². The number of aromatic nitrogens is 3. The van der Waals surface area contributed by atoms with Gasteiger partial charge in [0, 0.05) is 5.02 Å². The molecule has 0 spiro atoms. The lowest BCUT2D eigenvalue weighted by Crippen LogP contribution is -2.19. The van der Waals surface area contributed by atoms with Gasteiger partial charge >= 0.3 is 0 Å². The van der Waals surface area contributed by atoms with Crippen LogP contribution in [0.5, 0.6) is 0 Å². The molecule has 1 heterocycles. The zero-order chi connectivity index (χ0) is 13.1. The summed E-state index contributed by atoms with van der Waals surface area (Å²) < 4.78 is 14.6. The maximum absolute atomic E-state index is 13.3. The van der Waals surface area contributed by atoms with Crippen molar-refractivity contribution >= 4 is 29.1 Å². The summed E-state index contributed by atoms with van der Waals surface area (Å²) in [5.74, 6) is -0.955. The Hall–Kier alpha value is -2.15. The van der Waals surface area contributed by atoms with Crippen molar-refractivity contribution in [3.05, 3.63) is 35.4 Å². The summed E-state index contributed by atoms with van der Waals surface area (Å²) in [4.78, 5) is 15.3. The van der Waals surface area contributed by atoms with Gasteiger partial charge in [-0.05, 0) is 18.2 Å². The van der Waals surface area contributed by atoms with Gasteiger partial charge in [-0.2, -0.15) is 0 Å². The molecule has 8 heteroatoms.